The molecule has 0 unspecified atom stereocenters. The van der Waals surface area contributed by atoms with Gasteiger partial charge in [-0.15, -0.1) is 0 Å². The summed E-state index contributed by atoms with van der Waals surface area (Å²) in [6.45, 7) is 6.18. The minimum Gasteiger partial charge on any atom is -1.00 e. The van der Waals surface area contributed by atoms with Crippen molar-refractivity contribution >= 4 is 82.5 Å². The molecule has 0 bridgehead atoms. The van der Waals surface area contributed by atoms with E-state index in [1.165, 1.54) is 82.5 Å². The average Bonchev–Trinajstić information content (AvgIpc) is 4.13. The predicted octanol–water partition coefficient (Wildman–Crippen LogP) is -1.22. The smallest absolute Gasteiger partial charge is 0.285 e. The molecule has 6 heterocycles. The molecule has 0 atom stereocenters. The fraction of sp³-hybridized carbons (Fsp3) is 0.316. The van der Waals surface area contributed by atoms with Crippen molar-refractivity contribution in [2.45, 2.75) is 94.4 Å². The summed E-state index contributed by atoms with van der Waals surface area (Å²) in [7, 11) is 0. The highest BCUT2D eigenvalue weighted by Crippen LogP contribution is 2.43. The van der Waals surface area contributed by atoms with Gasteiger partial charge < -0.3 is 68.1 Å². The number of hydrogen-bond acceptors (Lipinski definition) is 6. The Labute approximate surface area is 435 Å². The highest BCUT2D eigenvalue weighted by Gasteiger charge is 2.51. The van der Waals surface area contributed by atoms with Crippen LogP contribution in [-0.4, -0.2) is 55.9 Å². The highest BCUT2D eigenvalue weighted by atomic mass is 79.9. The van der Waals surface area contributed by atoms with Crippen LogP contribution in [0.5, 0.6) is 0 Å². The molecule has 5 aliphatic rings. The van der Waals surface area contributed by atoms with Crippen molar-refractivity contribution in [3.8, 4) is 0 Å². The van der Waals surface area contributed by atoms with Crippen molar-refractivity contribution in [1.82, 2.24) is 0 Å². The van der Waals surface area contributed by atoms with Crippen LogP contribution in [0.3, 0.4) is 0 Å². The molecule has 0 amide bonds. The topological polar surface area (TPSA) is 99.4 Å². The molecule has 9 aromatic rings. The van der Waals surface area contributed by atoms with Crippen molar-refractivity contribution in [3.05, 3.63) is 146 Å². The van der Waals surface area contributed by atoms with E-state index in [-0.39, 0.29) is 69.1 Å². The second kappa shape index (κ2) is 19.3. The summed E-state index contributed by atoms with van der Waals surface area (Å²) in [4.78, 5) is 8.54. The van der Waals surface area contributed by atoms with Crippen molar-refractivity contribution in [2.24, 2.45) is 17.2 Å². The van der Waals surface area contributed by atoms with Gasteiger partial charge in [-0.2, -0.15) is 0 Å². The molecule has 0 radical (unpaired) electrons. The van der Waals surface area contributed by atoms with Crippen LogP contribution in [0.4, 0.5) is 17.5 Å². The van der Waals surface area contributed by atoms with Gasteiger partial charge in [0.15, 0.2) is 0 Å². The Hall–Kier alpha value is -4.95. The fourth-order valence-corrected chi connectivity index (χ4v) is 13.4. The lowest BCUT2D eigenvalue weighted by molar-refractivity contribution is -0.643. The number of para-hydroxylation sites is 3. The van der Waals surface area contributed by atoms with Gasteiger partial charge in [-0.05, 0) is 55.7 Å². The second-order valence-electron chi connectivity index (χ2n) is 19.9. The van der Waals surface area contributed by atoms with Crippen LogP contribution >= 0.6 is 0 Å². The van der Waals surface area contributed by atoms with Gasteiger partial charge in [-0.25, -0.2) is 13.7 Å². The first-order chi connectivity index (χ1) is 32.5. The number of rotatable bonds is 3. The number of pyridine rings is 3. The fourth-order valence-electron chi connectivity index (χ4n) is 13.4. The quantitative estimate of drug-likeness (QED) is 0.152. The summed E-state index contributed by atoms with van der Waals surface area (Å²) in [6.07, 6.45) is 6.25. The summed E-state index contributed by atoms with van der Waals surface area (Å²) in [5, 5.41) is 12.3. The number of halogens is 3. The minimum atomic E-state index is 0. The van der Waals surface area contributed by atoms with Crippen LogP contribution < -0.4 is 96.5 Å². The first-order valence-electron chi connectivity index (χ1n) is 24.5. The standard InChI is InChI=1S/C51H45N6.C6H15N3.3BrH/c1-4-19-43-37(13-1)40-16-7-10-22-46(40)55-28-25-52(49(43)55)34-31-35(53-26-29-56-47-23-11-8-17-41(47)38-14-2-5-20-44(38)50(53)56)33-36(32-34)54-27-30-57-48-24-12-9-18-42(48)39-15-3-6-21-45(39)51(54)57;7-4-1-5(8)3-6(9)2-4;;;/h1-24,34-36H,25-33H2;4-6H,1-3,7-9H2;3*1H/q+3;;;;/p-3. The molecule has 2 saturated carbocycles. The molecule has 69 heavy (non-hydrogen) atoms. The summed E-state index contributed by atoms with van der Waals surface area (Å²) < 4.78 is 7.91. The van der Waals surface area contributed by atoms with Crippen molar-refractivity contribution in [2.75, 3.05) is 34.3 Å². The molecule has 6 aromatic carbocycles. The van der Waals surface area contributed by atoms with E-state index in [4.69, 9.17) is 17.2 Å². The zero-order valence-electron chi connectivity index (χ0n) is 38.9. The van der Waals surface area contributed by atoms with Crippen molar-refractivity contribution in [1.29, 1.82) is 0 Å². The predicted molar refractivity (Wildman–Crippen MR) is 270 cm³/mol. The largest absolute Gasteiger partial charge is 1.00 e. The number of aromatic nitrogens is 3. The van der Waals surface area contributed by atoms with E-state index in [2.05, 4.69) is 174 Å². The molecule has 2 fully saturated rings. The van der Waals surface area contributed by atoms with Crippen LogP contribution in [0.2, 0.25) is 0 Å². The Balaban J connectivity index is 0.000000418. The molecule has 0 saturated heterocycles. The van der Waals surface area contributed by atoms with Gasteiger partial charge >= 0.3 is 0 Å². The molecular weight excluding hydrogens is 1050 g/mol. The van der Waals surface area contributed by atoms with Gasteiger partial charge in [0, 0.05) is 69.7 Å². The molecule has 12 heteroatoms. The first kappa shape index (κ1) is 47.7. The number of nitrogens with zero attached hydrogens (tertiary/aromatic N) is 6. The lowest BCUT2D eigenvalue weighted by Gasteiger charge is -2.39. The van der Waals surface area contributed by atoms with E-state index in [1.54, 1.807) is 0 Å². The summed E-state index contributed by atoms with van der Waals surface area (Å²) in [5.41, 5.74) is 21.0. The monoisotopic (exact) mass is 1110 g/mol. The van der Waals surface area contributed by atoms with Gasteiger partial charge in [0.25, 0.3) is 17.5 Å². The van der Waals surface area contributed by atoms with Crippen LogP contribution in [-0.2, 0) is 19.6 Å². The second-order valence-corrected chi connectivity index (χ2v) is 19.9. The summed E-state index contributed by atoms with van der Waals surface area (Å²) >= 11 is 0. The van der Waals surface area contributed by atoms with E-state index in [1.807, 2.05) is 0 Å². The number of benzene rings is 6. The van der Waals surface area contributed by atoms with E-state index >= 15 is 0 Å². The number of fused-ring (bicyclic) bond motifs is 18. The molecule has 3 aliphatic heterocycles. The number of nitrogens with two attached hydrogens (primary N) is 3. The SMILES string of the molecule is NC1CC(N)CC(N)C1.[Br-].[Br-].[Br-].c1ccc2c(c1)c1[n+](c3ccccc23)CCN1C1CC(N2CC[n+]3c2c2ccccc2c2ccccc23)CC(N2CC[n+]3c2c2ccccc2c2ccccc23)C1. The Morgan fingerprint density at radius 2 is 0.536 bits per heavy atom. The zero-order valence-corrected chi connectivity index (χ0v) is 43.6. The van der Waals surface area contributed by atoms with Crippen molar-refractivity contribution in [3.63, 3.8) is 0 Å². The first-order valence-corrected chi connectivity index (χ1v) is 24.5. The Morgan fingerprint density at radius 3 is 0.812 bits per heavy atom. The third-order valence-electron chi connectivity index (χ3n) is 16.0. The number of anilines is 3. The molecule has 14 rings (SSSR count). The maximum Gasteiger partial charge on any atom is 0.285 e. The molecule has 9 nitrogen and oxygen atoms in total. The van der Waals surface area contributed by atoms with E-state index in [9.17, 15) is 0 Å². The third-order valence-corrected chi connectivity index (χ3v) is 16.0. The normalized spacial score (nSPS) is 22.7. The Morgan fingerprint density at radius 1 is 0.304 bits per heavy atom. The van der Waals surface area contributed by atoms with E-state index < -0.39 is 0 Å². The Bertz CT molecular complexity index is 3020. The van der Waals surface area contributed by atoms with E-state index in [0.717, 1.165) is 77.8 Å². The van der Waals surface area contributed by atoms with Crippen LogP contribution in [0.15, 0.2) is 146 Å². The van der Waals surface area contributed by atoms with E-state index in [0.29, 0.717) is 18.1 Å². The van der Waals surface area contributed by atoms with Gasteiger partial charge in [-0.1, -0.05) is 109 Å². The maximum atomic E-state index is 5.66. The molecule has 0 spiro atoms. The molecule has 354 valence electrons. The molecule has 6 N–H and O–H groups in total. The average molecular weight is 1110 g/mol. The molecule has 2 aliphatic carbocycles. The van der Waals surface area contributed by atoms with Gasteiger partial charge in [0.1, 0.15) is 73.9 Å². The molecule has 3 aromatic heterocycles. The molecular formula is C57H60Br3N9. The maximum absolute atomic E-state index is 5.66. The van der Waals surface area contributed by atoms with Gasteiger partial charge in [0.05, 0.1) is 16.2 Å². The summed E-state index contributed by atoms with van der Waals surface area (Å²) in [6, 6.07) is 56.6. The lowest BCUT2D eigenvalue weighted by Crippen LogP contribution is -3.00. The van der Waals surface area contributed by atoms with Crippen LogP contribution in [0, 0.1) is 0 Å². The van der Waals surface area contributed by atoms with Crippen LogP contribution in [0.1, 0.15) is 38.5 Å². The van der Waals surface area contributed by atoms with Gasteiger partial charge in [0.2, 0.25) is 0 Å². The highest BCUT2D eigenvalue weighted by molar-refractivity contribution is 6.10. The lowest BCUT2D eigenvalue weighted by atomic mass is 9.84. The van der Waals surface area contributed by atoms with Crippen LogP contribution in [0.25, 0.3) is 65.0 Å². The zero-order chi connectivity index (χ0) is 44.0. The summed E-state index contributed by atoms with van der Waals surface area (Å²) in [5.74, 6) is 4.23. The Kier molecular flexibility index (Phi) is 13.4. The van der Waals surface area contributed by atoms with Crippen molar-refractivity contribution < 1.29 is 64.6 Å². The minimum absolute atomic E-state index is 0. The third kappa shape index (κ3) is 7.94. The number of hydrogen-bond donors (Lipinski definition) is 3. The van der Waals surface area contributed by atoms with Gasteiger partial charge in [-0.3, -0.25) is 14.7 Å².